The summed E-state index contributed by atoms with van der Waals surface area (Å²) in [7, 11) is 0. The van der Waals surface area contributed by atoms with Crippen LogP contribution in [0.1, 0.15) is 57.0 Å². The van der Waals surface area contributed by atoms with Crippen LogP contribution in [0.3, 0.4) is 0 Å². The number of benzene rings is 2. The van der Waals surface area contributed by atoms with E-state index in [0.29, 0.717) is 12.3 Å². The number of amides is 2. The van der Waals surface area contributed by atoms with Gasteiger partial charge in [-0.15, -0.1) is 0 Å². The second-order valence-corrected chi connectivity index (χ2v) is 8.13. The van der Waals surface area contributed by atoms with Crippen LogP contribution in [0.5, 0.6) is 0 Å². The number of furan rings is 1. The van der Waals surface area contributed by atoms with Gasteiger partial charge in [0.2, 0.25) is 5.91 Å². The van der Waals surface area contributed by atoms with E-state index >= 15 is 0 Å². The number of aryl methyl sites for hydroxylation is 2. The molecule has 0 aliphatic heterocycles. The Balaban J connectivity index is 1.45. The Kier molecular flexibility index (Phi) is 6.50. The van der Waals surface area contributed by atoms with Gasteiger partial charge in [0.25, 0.3) is 5.91 Å². The monoisotopic (exact) mass is 429 g/mol. The number of rotatable bonds is 6. The van der Waals surface area contributed by atoms with Crippen LogP contribution in [0.2, 0.25) is 0 Å². The van der Waals surface area contributed by atoms with Crippen molar-refractivity contribution < 1.29 is 14.0 Å². The Morgan fingerprint density at radius 1 is 0.969 bits per heavy atom. The molecule has 4 rings (SSSR count). The molecule has 164 valence electrons. The SMILES string of the molecule is Cc1ccc(CNC(=O)c2oc3c(c2C)/C(=N/NC(=O)Cc2ccccc2)CCC3)cc1. The Morgan fingerprint density at radius 3 is 2.47 bits per heavy atom. The fourth-order valence-electron chi connectivity index (χ4n) is 3.92. The predicted octanol–water partition coefficient (Wildman–Crippen LogP) is 4.23. The van der Waals surface area contributed by atoms with Gasteiger partial charge in [0.1, 0.15) is 5.76 Å². The number of fused-ring (bicyclic) bond motifs is 1. The molecule has 2 amide bonds. The number of hydrazone groups is 1. The predicted molar refractivity (Wildman–Crippen MR) is 124 cm³/mol. The minimum atomic E-state index is -0.245. The van der Waals surface area contributed by atoms with Crippen molar-refractivity contribution in [1.29, 1.82) is 0 Å². The molecule has 6 nitrogen and oxygen atoms in total. The number of carbonyl (C=O) groups excluding carboxylic acids is 2. The fourth-order valence-corrected chi connectivity index (χ4v) is 3.92. The molecule has 1 aliphatic rings. The molecule has 3 aromatic rings. The van der Waals surface area contributed by atoms with Gasteiger partial charge in [-0.05, 0) is 37.8 Å². The van der Waals surface area contributed by atoms with Crippen molar-refractivity contribution in [3.05, 3.63) is 93.9 Å². The quantitative estimate of drug-likeness (QED) is 0.575. The third kappa shape index (κ3) is 4.97. The van der Waals surface area contributed by atoms with E-state index in [1.807, 2.05) is 68.4 Å². The minimum Gasteiger partial charge on any atom is -0.455 e. The molecule has 32 heavy (non-hydrogen) atoms. The van der Waals surface area contributed by atoms with Crippen LogP contribution in [0.4, 0.5) is 0 Å². The fraction of sp³-hybridized carbons (Fsp3) is 0.269. The maximum absolute atomic E-state index is 12.8. The van der Waals surface area contributed by atoms with Gasteiger partial charge in [-0.3, -0.25) is 9.59 Å². The van der Waals surface area contributed by atoms with Gasteiger partial charge in [0.15, 0.2) is 5.76 Å². The number of nitrogens with zero attached hydrogens (tertiary/aromatic N) is 1. The van der Waals surface area contributed by atoms with Gasteiger partial charge in [0.05, 0.1) is 12.1 Å². The van der Waals surface area contributed by atoms with Crippen molar-refractivity contribution >= 4 is 17.5 Å². The molecule has 0 unspecified atom stereocenters. The van der Waals surface area contributed by atoms with E-state index in [1.54, 1.807) is 0 Å². The zero-order valence-electron chi connectivity index (χ0n) is 18.4. The van der Waals surface area contributed by atoms with E-state index in [9.17, 15) is 9.59 Å². The first-order valence-corrected chi connectivity index (χ1v) is 10.9. The summed E-state index contributed by atoms with van der Waals surface area (Å²) in [4.78, 5) is 25.1. The summed E-state index contributed by atoms with van der Waals surface area (Å²) in [6.07, 6.45) is 2.60. The average molecular weight is 430 g/mol. The molecule has 0 saturated carbocycles. The van der Waals surface area contributed by atoms with Crippen molar-refractivity contribution in [2.75, 3.05) is 0 Å². The maximum Gasteiger partial charge on any atom is 0.287 e. The van der Waals surface area contributed by atoms with Crippen molar-refractivity contribution in [3.8, 4) is 0 Å². The van der Waals surface area contributed by atoms with Crippen LogP contribution in [0.15, 0.2) is 64.1 Å². The first-order valence-electron chi connectivity index (χ1n) is 10.9. The molecule has 2 aromatic carbocycles. The third-order valence-electron chi connectivity index (χ3n) is 5.63. The van der Waals surface area contributed by atoms with Crippen LogP contribution < -0.4 is 10.7 Å². The van der Waals surface area contributed by atoms with Gasteiger partial charge in [-0.1, -0.05) is 60.2 Å². The molecule has 1 aliphatic carbocycles. The molecule has 0 radical (unpaired) electrons. The topological polar surface area (TPSA) is 83.7 Å². The van der Waals surface area contributed by atoms with Crippen LogP contribution in [0, 0.1) is 13.8 Å². The van der Waals surface area contributed by atoms with Gasteiger partial charge in [-0.25, -0.2) is 5.43 Å². The standard InChI is InChI=1S/C26H27N3O3/c1-17-11-13-20(14-12-17)16-27-26(31)25-18(2)24-21(9-6-10-22(24)32-25)28-29-23(30)15-19-7-4-3-5-8-19/h3-5,7-8,11-14H,6,9-10,15-16H2,1-2H3,(H,27,31)(H,29,30)/b28-21+. The third-order valence-corrected chi connectivity index (χ3v) is 5.63. The molecule has 0 atom stereocenters. The second-order valence-electron chi connectivity index (χ2n) is 8.13. The highest BCUT2D eigenvalue weighted by atomic mass is 16.4. The first-order chi connectivity index (χ1) is 15.5. The smallest absolute Gasteiger partial charge is 0.287 e. The molecule has 2 N–H and O–H groups in total. The Hall–Kier alpha value is -3.67. The van der Waals surface area contributed by atoms with E-state index in [1.165, 1.54) is 5.56 Å². The lowest BCUT2D eigenvalue weighted by molar-refractivity contribution is -0.120. The highest BCUT2D eigenvalue weighted by Crippen LogP contribution is 2.30. The summed E-state index contributed by atoms with van der Waals surface area (Å²) in [5.74, 6) is 0.649. The van der Waals surface area contributed by atoms with Crippen molar-refractivity contribution in [1.82, 2.24) is 10.7 Å². The van der Waals surface area contributed by atoms with Crippen molar-refractivity contribution in [3.63, 3.8) is 0 Å². The lowest BCUT2D eigenvalue weighted by Crippen LogP contribution is -2.24. The highest BCUT2D eigenvalue weighted by molar-refractivity contribution is 6.06. The molecule has 0 spiro atoms. The average Bonchev–Trinajstić information content (AvgIpc) is 3.15. The first kappa shape index (κ1) is 21.6. The molecule has 1 heterocycles. The molecule has 0 saturated heterocycles. The zero-order chi connectivity index (χ0) is 22.5. The van der Waals surface area contributed by atoms with Crippen molar-refractivity contribution in [2.45, 2.75) is 46.1 Å². The van der Waals surface area contributed by atoms with Gasteiger partial charge in [0, 0.05) is 24.1 Å². The summed E-state index contributed by atoms with van der Waals surface area (Å²) in [5, 5.41) is 7.32. The molecule has 1 aromatic heterocycles. The van der Waals surface area contributed by atoms with Crippen LogP contribution in [-0.2, 0) is 24.2 Å². The molecule has 6 heteroatoms. The van der Waals surface area contributed by atoms with E-state index in [4.69, 9.17) is 4.42 Å². The van der Waals surface area contributed by atoms with Crippen LogP contribution in [0.25, 0.3) is 0 Å². The maximum atomic E-state index is 12.8. The highest BCUT2D eigenvalue weighted by Gasteiger charge is 2.28. The van der Waals surface area contributed by atoms with Crippen LogP contribution >= 0.6 is 0 Å². The van der Waals surface area contributed by atoms with Crippen molar-refractivity contribution in [2.24, 2.45) is 5.10 Å². The number of carbonyl (C=O) groups is 2. The number of nitrogens with one attached hydrogen (secondary N) is 2. The second kappa shape index (κ2) is 9.64. The molecule has 0 fully saturated rings. The normalized spacial score (nSPS) is 14.1. The number of hydrogen-bond donors (Lipinski definition) is 2. The molecular weight excluding hydrogens is 402 g/mol. The van der Waals surface area contributed by atoms with Gasteiger partial charge < -0.3 is 9.73 Å². The Bertz CT molecular complexity index is 1150. The Labute approximate surface area is 187 Å². The minimum absolute atomic E-state index is 0.173. The zero-order valence-corrected chi connectivity index (χ0v) is 18.4. The van der Waals surface area contributed by atoms with E-state index in [0.717, 1.165) is 53.0 Å². The summed E-state index contributed by atoms with van der Waals surface area (Å²) >= 11 is 0. The summed E-state index contributed by atoms with van der Waals surface area (Å²) in [6, 6.07) is 17.6. The van der Waals surface area contributed by atoms with Gasteiger partial charge >= 0.3 is 0 Å². The van der Waals surface area contributed by atoms with Crippen LogP contribution in [-0.4, -0.2) is 17.5 Å². The molecule has 0 bridgehead atoms. The largest absolute Gasteiger partial charge is 0.455 e. The Morgan fingerprint density at radius 2 is 1.72 bits per heavy atom. The van der Waals surface area contributed by atoms with E-state index in [2.05, 4.69) is 15.8 Å². The lowest BCUT2D eigenvalue weighted by atomic mass is 9.93. The molecular formula is C26H27N3O3. The van der Waals surface area contributed by atoms with E-state index in [-0.39, 0.29) is 18.2 Å². The van der Waals surface area contributed by atoms with E-state index < -0.39 is 0 Å². The summed E-state index contributed by atoms with van der Waals surface area (Å²) < 4.78 is 5.93. The summed E-state index contributed by atoms with van der Waals surface area (Å²) in [6.45, 7) is 4.33. The van der Waals surface area contributed by atoms with Gasteiger partial charge in [-0.2, -0.15) is 5.10 Å². The lowest BCUT2D eigenvalue weighted by Gasteiger charge is -2.13. The number of hydrogen-bond acceptors (Lipinski definition) is 4. The summed E-state index contributed by atoms with van der Waals surface area (Å²) in [5.41, 5.74) is 8.17.